The van der Waals surface area contributed by atoms with Crippen LogP contribution >= 0.6 is 23.2 Å². The lowest BCUT2D eigenvalue weighted by Gasteiger charge is -2.60. The molecular formula is C47H65Cl2F4N7O7. The molecule has 0 radical (unpaired) electrons. The third-order valence-electron chi connectivity index (χ3n) is 14.6. The first-order chi connectivity index (χ1) is 31.5. The second-order valence-corrected chi connectivity index (χ2v) is 21.0. The van der Waals surface area contributed by atoms with Crippen molar-refractivity contribution < 1.29 is 51.1 Å². The Kier molecular flexibility index (Phi) is 16.5. The molecule has 1 spiro atoms. The lowest BCUT2D eigenvalue weighted by atomic mass is 9.44. The normalized spacial score (nSPS) is 27.6. The molecule has 67 heavy (non-hydrogen) atoms. The maximum absolute atomic E-state index is 15.1. The van der Waals surface area contributed by atoms with Gasteiger partial charge in [0, 0.05) is 43.5 Å². The Hall–Kier alpha value is -4.19. The van der Waals surface area contributed by atoms with Gasteiger partial charge in [-0.15, -0.1) is 0 Å². The summed E-state index contributed by atoms with van der Waals surface area (Å²) in [4.78, 5) is 102. The molecule has 2 aliphatic heterocycles. The van der Waals surface area contributed by atoms with Crippen molar-refractivity contribution in [3.63, 3.8) is 0 Å². The van der Waals surface area contributed by atoms with Crippen molar-refractivity contribution in [2.24, 2.45) is 22.7 Å². The summed E-state index contributed by atoms with van der Waals surface area (Å²) in [7, 11) is 2.80. The number of alkyl halides is 4. The number of nitrogens with one attached hydrogen (secondary N) is 4. The Morgan fingerprint density at radius 1 is 0.955 bits per heavy atom. The predicted octanol–water partition coefficient (Wildman–Crippen LogP) is 5.65. The molecule has 4 N–H and O–H groups in total. The Balaban J connectivity index is 1.25. The van der Waals surface area contributed by atoms with Gasteiger partial charge in [-0.2, -0.15) is 13.2 Å². The fourth-order valence-electron chi connectivity index (χ4n) is 10.5. The minimum atomic E-state index is -4.90. The topological polar surface area (TPSA) is 177 Å². The van der Waals surface area contributed by atoms with Crippen molar-refractivity contribution in [3.05, 3.63) is 33.8 Å². The summed E-state index contributed by atoms with van der Waals surface area (Å²) >= 11 is 12.8. The lowest BCUT2D eigenvalue weighted by Crippen LogP contribution is -2.66. The molecule has 2 heterocycles. The van der Waals surface area contributed by atoms with Crippen molar-refractivity contribution >= 4 is 64.6 Å². The molecule has 7 amide bonds. The third-order valence-corrected chi connectivity index (χ3v) is 15.2. The van der Waals surface area contributed by atoms with Crippen LogP contribution in [0.4, 0.5) is 17.6 Å². The minimum absolute atomic E-state index is 0.0637. The summed E-state index contributed by atoms with van der Waals surface area (Å²) in [5.74, 6) is -5.91. The van der Waals surface area contributed by atoms with Gasteiger partial charge in [-0.05, 0) is 112 Å². The van der Waals surface area contributed by atoms with E-state index in [1.165, 1.54) is 23.9 Å². The highest BCUT2D eigenvalue weighted by atomic mass is 35.5. The molecule has 1 aromatic carbocycles. The summed E-state index contributed by atoms with van der Waals surface area (Å²) in [5, 5.41) is 11.8. The van der Waals surface area contributed by atoms with Crippen LogP contribution in [-0.2, 0) is 40.0 Å². The van der Waals surface area contributed by atoms with E-state index in [0.29, 0.717) is 71.9 Å². The third kappa shape index (κ3) is 11.6. The number of carbonyl (C=O) groups is 7. The Morgan fingerprint density at radius 3 is 2.22 bits per heavy atom. The van der Waals surface area contributed by atoms with Crippen molar-refractivity contribution in [2.75, 3.05) is 27.2 Å². The fraction of sp³-hybridized carbons (Fsp3) is 0.723. The summed E-state index contributed by atoms with van der Waals surface area (Å²) < 4.78 is 59.1. The van der Waals surface area contributed by atoms with E-state index in [0.717, 1.165) is 6.42 Å². The number of amides is 7. The summed E-state index contributed by atoms with van der Waals surface area (Å²) in [5.41, 5.74) is -2.82. The van der Waals surface area contributed by atoms with Gasteiger partial charge in [0.2, 0.25) is 41.4 Å². The van der Waals surface area contributed by atoms with Crippen LogP contribution < -0.4 is 21.3 Å². The quantitative estimate of drug-likeness (QED) is 0.196. The molecule has 0 aromatic heterocycles. The van der Waals surface area contributed by atoms with Gasteiger partial charge >= 0.3 is 6.18 Å². The predicted molar refractivity (Wildman–Crippen MR) is 242 cm³/mol. The van der Waals surface area contributed by atoms with Gasteiger partial charge in [-0.3, -0.25) is 33.6 Å². The van der Waals surface area contributed by atoms with E-state index >= 15 is 4.39 Å². The van der Waals surface area contributed by atoms with Crippen molar-refractivity contribution in [2.45, 2.75) is 166 Å². The molecule has 3 aliphatic carbocycles. The summed E-state index contributed by atoms with van der Waals surface area (Å²) in [6.45, 7) is 5.05. The Labute approximate surface area is 399 Å². The first kappa shape index (κ1) is 52.2. The number of nitrogens with zero attached hydrogens (tertiary/aromatic N) is 3. The summed E-state index contributed by atoms with van der Waals surface area (Å²) in [6.07, 6.45) is -3.44. The maximum Gasteiger partial charge on any atom is 0.403 e. The molecule has 2 saturated heterocycles. The number of likely N-dealkylation sites (tertiary alicyclic amines) is 1. The molecule has 0 unspecified atom stereocenters. The molecule has 5 aliphatic rings. The average Bonchev–Trinajstić information content (AvgIpc) is 4.00. The standard InChI is InChI=1S/C47H65Cl2F4N7O7/c1-6-10-32-38(61)54-18-8-7-11-34(39(62)56-33(19-26(2)3)42(65)59(5)35(40(63)55-32)21-28-20-29(48)14-15-31(28)49)58(4)43(66)37(27-12-13-27)57-41(64)36-22-30(50)23-60(36)44(67)46(47(51,52)53)24-45(25-46)16-9-17-45/h14-15,20,26-27,30,32-37H,6-13,16-19,21-25H2,1-5H3,(H,54,61)(H,55,63)(H,56,62)(H,57,64)/t30-,32-,33+,34+,35+,36+,37+/m1/s1. The van der Waals surface area contributed by atoms with Crippen molar-refractivity contribution in [1.29, 1.82) is 0 Å². The van der Waals surface area contributed by atoms with Gasteiger partial charge in [0.15, 0.2) is 0 Å². The first-order valence-electron chi connectivity index (χ1n) is 23.7. The number of likely N-dealkylation sites (N-methyl/N-ethyl adjacent to an activating group) is 2. The number of rotatable bonds is 12. The van der Waals surface area contributed by atoms with E-state index in [1.54, 1.807) is 18.2 Å². The van der Waals surface area contributed by atoms with Crippen LogP contribution in [0.5, 0.6) is 0 Å². The molecule has 14 nitrogen and oxygen atoms in total. The van der Waals surface area contributed by atoms with Gasteiger partial charge in [-0.25, -0.2) is 4.39 Å². The van der Waals surface area contributed by atoms with E-state index in [9.17, 15) is 46.7 Å². The molecular weight excluding hydrogens is 921 g/mol. The minimum Gasteiger partial charge on any atom is -0.354 e. The van der Waals surface area contributed by atoms with E-state index in [2.05, 4.69) is 21.3 Å². The van der Waals surface area contributed by atoms with Gasteiger partial charge in [0.1, 0.15) is 47.8 Å². The number of halogens is 6. The van der Waals surface area contributed by atoms with Gasteiger partial charge in [-0.1, -0.05) is 56.8 Å². The SMILES string of the molecule is CCC[C@H]1NC(=O)[C@H](Cc2cc(Cl)ccc2Cl)N(C)C(=O)[C@H](CC(C)C)NC(=O)[C@@H](N(C)C(=O)[C@@H](NC(=O)[C@@H]2C[C@@H](F)CN2C(=O)C2(C(F)(F)F)CC3(CCC3)C2)C2CC2)CCCCNC1=O. The number of carbonyl (C=O) groups excluding carboxylic acids is 7. The van der Waals surface area contributed by atoms with Crippen LogP contribution in [0, 0.1) is 22.7 Å². The van der Waals surface area contributed by atoms with Crippen molar-refractivity contribution in [3.8, 4) is 0 Å². The zero-order chi connectivity index (χ0) is 49.2. The highest BCUT2D eigenvalue weighted by Crippen LogP contribution is 2.69. The number of hydrogen-bond donors (Lipinski definition) is 4. The second kappa shape index (κ2) is 21.2. The molecule has 372 valence electrons. The molecule has 5 fully saturated rings. The van der Waals surface area contributed by atoms with Crippen LogP contribution in [0.1, 0.15) is 116 Å². The van der Waals surface area contributed by atoms with E-state index in [4.69, 9.17) is 23.2 Å². The zero-order valence-corrected chi connectivity index (χ0v) is 40.4. The lowest BCUT2D eigenvalue weighted by molar-refractivity contribution is -0.285. The van der Waals surface area contributed by atoms with Gasteiger partial charge in [0.25, 0.3) is 0 Å². The maximum atomic E-state index is 15.1. The Morgan fingerprint density at radius 2 is 1.63 bits per heavy atom. The van der Waals surface area contributed by atoms with Crippen LogP contribution in [0.3, 0.4) is 0 Å². The molecule has 6 rings (SSSR count). The summed E-state index contributed by atoms with van der Waals surface area (Å²) in [6, 6.07) is -2.68. The largest absolute Gasteiger partial charge is 0.403 e. The molecule has 0 bridgehead atoms. The Bertz CT molecular complexity index is 2040. The number of hydrogen-bond acceptors (Lipinski definition) is 7. The van der Waals surface area contributed by atoms with E-state index in [1.807, 2.05) is 20.8 Å². The van der Waals surface area contributed by atoms with Gasteiger partial charge in [0.05, 0.1) is 6.54 Å². The first-order valence-corrected chi connectivity index (χ1v) is 24.4. The smallest absolute Gasteiger partial charge is 0.354 e. The van der Waals surface area contributed by atoms with Gasteiger partial charge < -0.3 is 36.0 Å². The zero-order valence-electron chi connectivity index (χ0n) is 38.9. The fourth-order valence-corrected chi connectivity index (χ4v) is 10.9. The highest BCUT2D eigenvalue weighted by Gasteiger charge is 2.73. The molecule has 7 atom stereocenters. The average molecular weight is 987 g/mol. The molecule has 20 heteroatoms. The second-order valence-electron chi connectivity index (χ2n) is 20.1. The van der Waals surface area contributed by atoms with Crippen LogP contribution in [-0.4, -0.2) is 132 Å². The van der Waals surface area contributed by atoms with Crippen molar-refractivity contribution in [1.82, 2.24) is 36.0 Å². The van der Waals surface area contributed by atoms with E-state index < -0.39 is 133 Å². The van der Waals surface area contributed by atoms with E-state index in [-0.39, 0.29) is 31.7 Å². The van der Waals surface area contributed by atoms with Crippen LogP contribution in [0.2, 0.25) is 10.0 Å². The monoisotopic (exact) mass is 985 g/mol. The van der Waals surface area contributed by atoms with Crippen LogP contribution in [0.25, 0.3) is 0 Å². The molecule has 1 aromatic rings. The molecule has 3 saturated carbocycles. The van der Waals surface area contributed by atoms with Crippen LogP contribution in [0.15, 0.2) is 18.2 Å². The number of benzene rings is 1. The highest BCUT2D eigenvalue weighted by molar-refractivity contribution is 6.33.